The van der Waals surface area contributed by atoms with Crippen LogP contribution in [0, 0.1) is 11.3 Å². The van der Waals surface area contributed by atoms with Crippen LogP contribution in [0.15, 0.2) is 48.1 Å². The van der Waals surface area contributed by atoms with Crippen LogP contribution in [-0.2, 0) is 10.2 Å². The average Bonchev–Trinajstić information content (AvgIpc) is 3.08. The molecule has 1 aliphatic heterocycles. The van der Waals surface area contributed by atoms with Gasteiger partial charge in [-0.2, -0.15) is 0 Å². The first-order valence-corrected chi connectivity index (χ1v) is 11.1. The van der Waals surface area contributed by atoms with Crippen molar-refractivity contribution >= 4 is 6.09 Å². The second kappa shape index (κ2) is 8.58. The Hall–Kier alpha value is -2.07. The fraction of sp³-hybridized carbons (Fsp3) is 0.577. The Morgan fingerprint density at radius 3 is 2.30 bits per heavy atom. The Kier molecular flexibility index (Phi) is 6.47. The lowest BCUT2D eigenvalue weighted by Crippen LogP contribution is -2.31. The number of hydrogen-bond acceptors (Lipinski definition) is 3. The van der Waals surface area contributed by atoms with E-state index < -0.39 is 6.09 Å². The molecule has 30 heavy (non-hydrogen) atoms. The lowest BCUT2D eigenvalue weighted by Gasteiger charge is -2.33. The van der Waals surface area contributed by atoms with Crippen molar-refractivity contribution in [2.45, 2.75) is 77.9 Å². The number of nitrogens with one attached hydrogen (secondary N) is 1. The standard InChI is InChI=1S/C26H38N2O2/c1-25(2,3)19-11-7-17(8-12-19)23(22-15-21(16-28-22)30-24(27)29)18-9-13-20(14-10-18)26(4,5)6/h7-13,20-23,28H,14-16H2,1-6H3,(H2,27,29). The topological polar surface area (TPSA) is 64.3 Å². The van der Waals surface area contributed by atoms with E-state index in [2.05, 4.69) is 89.4 Å². The van der Waals surface area contributed by atoms with E-state index in [1.165, 1.54) is 16.7 Å². The molecule has 4 heteroatoms. The van der Waals surface area contributed by atoms with Gasteiger partial charge in [-0.25, -0.2) is 4.79 Å². The van der Waals surface area contributed by atoms with Crippen molar-refractivity contribution in [3.05, 3.63) is 59.2 Å². The van der Waals surface area contributed by atoms with Crippen molar-refractivity contribution in [1.82, 2.24) is 5.32 Å². The molecule has 0 radical (unpaired) electrons. The highest BCUT2D eigenvalue weighted by Gasteiger charge is 2.35. The summed E-state index contributed by atoms with van der Waals surface area (Å²) in [6, 6.07) is 9.23. The minimum absolute atomic E-state index is 0.129. The Morgan fingerprint density at radius 2 is 1.80 bits per heavy atom. The number of hydrogen-bond donors (Lipinski definition) is 2. The van der Waals surface area contributed by atoms with Gasteiger partial charge in [-0.15, -0.1) is 0 Å². The predicted molar refractivity (Wildman–Crippen MR) is 124 cm³/mol. The van der Waals surface area contributed by atoms with E-state index in [0.717, 1.165) is 12.8 Å². The van der Waals surface area contributed by atoms with Crippen molar-refractivity contribution in [2.75, 3.05) is 6.54 Å². The number of allylic oxidation sites excluding steroid dienone is 3. The number of amides is 1. The number of carbonyl (C=O) groups excluding carboxylic acids is 1. The minimum Gasteiger partial charge on any atom is -0.445 e. The van der Waals surface area contributed by atoms with Crippen LogP contribution in [-0.4, -0.2) is 24.8 Å². The second-order valence-corrected chi connectivity index (χ2v) is 10.9. The number of benzene rings is 1. The molecule has 164 valence electrons. The van der Waals surface area contributed by atoms with E-state index in [-0.39, 0.29) is 28.9 Å². The van der Waals surface area contributed by atoms with Crippen LogP contribution < -0.4 is 11.1 Å². The number of rotatable bonds is 4. The quantitative estimate of drug-likeness (QED) is 0.694. The van der Waals surface area contributed by atoms with Crippen LogP contribution in [0.1, 0.15) is 71.4 Å². The lowest BCUT2D eigenvalue weighted by molar-refractivity contribution is 0.115. The second-order valence-electron chi connectivity index (χ2n) is 10.9. The Balaban J connectivity index is 1.88. The van der Waals surface area contributed by atoms with Crippen LogP contribution in [0.2, 0.25) is 0 Å². The van der Waals surface area contributed by atoms with Gasteiger partial charge in [0.05, 0.1) is 0 Å². The summed E-state index contributed by atoms with van der Waals surface area (Å²) in [5, 5.41) is 3.59. The van der Waals surface area contributed by atoms with E-state index in [1.807, 2.05) is 0 Å². The fourth-order valence-electron chi connectivity index (χ4n) is 4.60. The van der Waals surface area contributed by atoms with Crippen LogP contribution in [0.3, 0.4) is 0 Å². The molecule has 1 fully saturated rings. The molecule has 0 bridgehead atoms. The van der Waals surface area contributed by atoms with E-state index in [4.69, 9.17) is 10.5 Å². The molecule has 3 rings (SSSR count). The van der Waals surface area contributed by atoms with Gasteiger partial charge in [-0.1, -0.05) is 84.0 Å². The summed E-state index contributed by atoms with van der Waals surface area (Å²) in [6.45, 7) is 14.3. The lowest BCUT2D eigenvalue weighted by atomic mass is 9.73. The first-order chi connectivity index (χ1) is 13.9. The summed E-state index contributed by atoms with van der Waals surface area (Å²) in [5.74, 6) is 0.769. The average molecular weight is 411 g/mol. The highest BCUT2D eigenvalue weighted by molar-refractivity contribution is 5.64. The molecule has 0 saturated carbocycles. The third-order valence-electron chi connectivity index (χ3n) is 6.55. The van der Waals surface area contributed by atoms with Gasteiger partial charge in [-0.3, -0.25) is 0 Å². The van der Waals surface area contributed by atoms with Gasteiger partial charge >= 0.3 is 6.09 Å². The maximum atomic E-state index is 11.2. The summed E-state index contributed by atoms with van der Waals surface area (Å²) < 4.78 is 5.28. The number of carbonyl (C=O) groups is 1. The normalized spacial score (nSPS) is 25.7. The van der Waals surface area contributed by atoms with Crippen molar-refractivity contribution < 1.29 is 9.53 Å². The van der Waals surface area contributed by atoms with Crippen molar-refractivity contribution in [1.29, 1.82) is 0 Å². The molecule has 2 aliphatic rings. The molecule has 4 atom stereocenters. The number of primary amides is 1. The summed E-state index contributed by atoms with van der Waals surface area (Å²) >= 11 is 0. The Morgan fingerprint density at radius 1 is 1.13 bits per heavy atom. The monoisotopic (exact) mass is 410 g/mol. The molecule has 1 aliphatic carbocycles. The zero-order chi connectivity index (χ0) is 22.1. The SMILES string of the molecule is CC(C)(C)c1ccc(C(C2=CCC(C(C)(C)C)C=C2)C2CC(OC(N)=O)CN2)cc1. The Labute approximate surface area is 182 Å². The van der Waals surface area contributed by atoms with Crippen LogP contribution >= 0.6 is 0 Å². The zero-order valence-electron chi connectivity index (χ0n) is 19.4. The molecule has 4 unspecified atom stereocenters. The number of nitrogens with two attached hydrogens (primary N) is 1. The first-order valence-electron chi connectivity index (χ1n) is 11.1. The highest BCUT2D eigenvalue weighted by atomic mass is 16.6. The molecule has 3 N–H and O–H groups in total. The van der Waals surface area contributed by atoms with Gasteiger partial charge in [-0.05, 0) is 39.9 Å². The van der Waals surface area contributed by atoms with Crippen LogP contribution in [0.4, 0.5) is 4.79 Å². The molecule has 0 spiro atoms. The van der Waals surface area contributed by atoms with E-state index >= 15 is 0 Å². The molecule has 1 heterocycles. The van der Waals surface area contributed by atoms with E-state index in [0.29, 0.717) is 12.5 Å². The smallest absolute Gasteiger partial charge is 0.404 e. The summed E-state index contributed by atoms with van der Waals surface area (Å²) in [4.78, 5) is 11.2. The van der Waals surface area contributed by atoms with Gasteiger partial charge in [0.2, 0.25) is 0 Å². The Bertz CT molecular complexity index is 809. The fourth-order valence-corrected chi connectivity index (χ4v) is 4.60. The van der Waals surface area contributed by atoms with E-state index in [9.17, 15) is 4.79 Å². The summed E-state index contributed by atoms with van der Waals surface area (Å²) in [5.41, 5.74) is 9.61. The molecular formula is C26H38N2O2. The zero-order valence-corrected chi connectivity index (χ0v) is 19.4. The van der Waals surface area contributed by atoms with Gasteiger partial charge in [0.25, 0.3) is 0 Å². The summed E-state index contributed by atoms with van der Waals surface area (Å²) in [6.07, 6.45) is 8.05. The minimum atomic E-state index is -0.696. The van der Waals surface area contributed by atoms with Crippen molar-refractivity contribution in [3.63, 3.8) is 0 Å². The molecule has 4 nitrogen and oxygen atoms in total. The van der Waals surface area contributed by atoms with Crippen molar-refractivity contribution in [3.8, 4) is 0 Å². The molecule has 1 amide bonds. The van der Waals surface area contributed by atoms with E-state index in [1.54, 1.807) is 0 Å². The van der Waals surface area contributed by atoms with Gasteiger partial charge < -0.3 is 15.8 Å². The maximum Gasteiger partial charge on any atom is 0.404 e. The summed E-state index contributed by atoms with van der Waals surface area (Å²) in [7, 11) is 0. The molecule has 1 saturated heterocycles. The number of ether oxygens (including phenoxy) is 1. The van der Waals surface area contributed by atoms with Crippen molar-refractivity contribution in [2.24, 2.45) is 17.1 Å². The van der Waals surface area contributed by atoms with Crippen LogP contribution in [0.5, 0.6) is 0 Å². The molecular weight excluding hydrogens is 372 g/mol. The molecule has 1 aromatic carbocycles. The predicted octanol–water partition coefficient (Wildman–Crippen LogP) is 5.44. The third kappa shape index (κ3) is 5.34. The first kappa shape index (κ1) is 22.6. The third-order valence-corrected chi connectivity index (χ3v) is 6.55. The van der Waals surface area contributed by atoms with Gasteiger partial charge in [0.15, 0.2) is 0 Å². The highest BCUT2D eigenvalue weighted by Crippen LogP contribution is 2.40. The molecule has 0 aromatic heterocycles. The largest absolute Gasteiger partial charge is 0.445 e. The molecule has 1 aromatic rings. The van der Waals surface area contributed by atoms with Gasteiger partial charge in [0, 0.05) is 24.9 Å². The van der Waals surface area contributed by atoms with Crippen LogP contribution in [0.25, 0.3) is 0 Å². The van der Waals surface area contributed by atoms with Gasteiger partial charge in [0.1, 0.15) is 6.10 Å². The maximum absolute atomic E-state index is 11.2.